The monoisotopic (exact) mass is 462 g/mol. The molecule has 7 heteroatoms. The van der Waals surface area contributed by atoms with Gasteiger partial charge in [-0.25, -0.2) is 4.79 Å². The molecule has 0 atom stereocenters. The standard InChI is InChI=1S/C27H34N4O3/c1-5-34-25-15-13-23(14-16-25)28-27(33)31(21(2)3)20-26(32)30(18-22-10-7-6-8-11-22)19-24-12-9-17-29(24)4/h6-17,21H,5,18-20H2,1-4H3,(H,28,33). The molecule has 34 heavy (non-hydrogen) atoms. The Labute approximate surface area is 201 Å². The van der Waals surface area contributed by atoms with Gasteiger partial charge in [-0.3, -0.25) is 4.79 Å². The molecule has 180 valence electrons. The Hall–Kier alpha value is -3.74. The number of aryl methyl sites for hydroxylation is 1. The third-order valence-electron chi connectivity index (χ3n) is 5.58. The molecule has 0 saturated heterocycles. The quantitative estimate of drug-likeness (QED) is 0.466. The van der Waals surface area contributed by atoms with Crippen molar-refractivity contribution < 1.29 is 14.3 Å². The van der Waals surface area contributed by atoms with E-state index in [-0.39, 0.29) is 24.5 Å². The van der Waals surface area contributed by atoms with Gasteiger partial charge in [0.1, 0.15) is 12.3 Å². The highest BCUT2D eigenvalue weighted by atomic mass is 16.5. The molecule has 3 aromatic rings. The van der Waals surface area contributed by atoms with Crippen molar-refractivity contribution in [3.8, 4) is 5.75 Å². The molecule has 7 nitrogen and oxygen atoms in total. The lowest BCUT2D eigenvalue weighted by atomic mass is 10.2. The lowest BCUT2D eigenvalue weighted by Gasteiger charge is -2.30. The first kappa shape index (κ1) is 24.9. The highest BCUT2D eigenvalue weighted by Gasteiger charge is 2.24. The second-order valence-electron chi connectivity index (χ2n) is 8.46. The van der Waals surface area contributed by atoms with Crippen molar-refractivity contribution in [2.45, 2.75) is 39.9 Å². The molecule has 1 heterocycles. The van der Waals surface area contributed by atoms with Gasteiger partial charge >= 0.3 is 6.03 Å². The van der Waals surface area contributed by atoms with Crippen LogP contribution >= 0.6 is 0 Å². The van der Waals surface area contributed by atoms with E-state index >= 15 is 0 Å². The average Bonchev–Trinajstić information content (AvgIpc) is 3.23. The number of aromatic nitrogens is 1. The van der Waals surface area contributed by atoms with Crippen LogP contribution in [0.5, 0.6) is 5.75 Å². The number of ether oxygens (including phenoxy) is 1. The zero-order chi connectivity index (χ0) is 24.5. The molecular formula is C27H34N4O3. The molecule has 0 fully saturated rings. The molecule has 0 aliphatic heterocycles. The number of nitrogens with zero attached hydrogens (tertiary/aromatic N) is 3. The van der Waals surface area contributed by atoms with Gasteiger partial charge < -0.3 is 24.4 Å². The normalized spacial score (nSPS) is 10.7. The van der Waals surface area contributed by atoms with Crippen LogP contribution in [0.2, 0.25) is 0 Å². The topological polar surface area (TPSA) is 66.8 Å². The molecule has 1 aromatic heterocycles. The molecule has 0 aliphatic carbocycles. The zero-order valence-electron chi connectivity index (χ0n) is 20.4. The summed E-state index contributed by atoms with van der Waals surface area (Å²) >= 11 is 0. The molecule has 0 unspecified atom stereocenters. The Morgan fingerprint density at radius 1 is 0.971 bits per heavy atom. The van der Waals surface area contributed by atoms with E-state index in [2.05, 4.69) is 5.32 Å². The van der Waals surface area contributed by atoms with E-state index in [4.69, 9.17) is 4.74 Å². The molecule has 0 saturated carbocycles. The largest absolute Gasteiger partial charge is 0.494 e. The number of hydrogen-bond acceptors (Lipinski definition) is 3. The summed E-state index contributed by atoms with van der Waals surface area (Å²) in [5, 5.41) is 2.90. The summed E-state index contributed by atoms with van der Waals surface area (Å²) in [6, 6.07) is 20.6. The highest BCUT2D eigenvalue weighted by molar-refractivity contribution is 5.92. The minimum atomic E-state index is -0.314. The van der Waals surface area contributed by atoms with Crippen molar-refractivity contribution in [2.24, 2.45) is 7.05 Å². The predicted molar refractivity (Wildman–Crippen MR) is 135 cm³/mol. The van der Waals surface area contributed by atoms with Crippen LogP contribution in [0.4, 0.5) is 10.5 Å². The predicted octanol–water partition coefficient (Wildman–Crippen LogP) is 4.90. The van der Waals surface area contributed by atoms with E-state index in [1.54, 1.807) is 21.9 Å². The van der Waals surface area contributed by atoms with Crippen LogP contribution in [-0.4, -0.2) is 45.5 Å². The van der Waals surface area contributed by atoms with Gasteiger partial charge in [-0.15, -0.1) is 0 Å². The average molecular weight is 463 g/mol. The first-order valence-corrected chi connectivity index (χ1v) is 11.6. The van der Waals surface area contributed by atoms with Gasteiger partial charge in [0, 0.05) is 37.2 Å². The van der Waals surface area contributed by atoms with E-state index in [1.165, 1.54) is 0 Å². The molecule has 0 aliphatic rings. The van der Waals surface area contributed by atoms with E-state index < -0.39 is 0 Å². The number of amides is 3. The number of hydrogen-bond donors (Lipinski definition) is 1. The first-order chi connectivity index (χ1) is 16.4. The maximum atomic E-state index is 13.5. The van der Waals surface area contributed by atoms with Crippen LogP contribution < -0.4 is 10.1 Å². The highest BCUT2D eigenvalue weighted by Crippen LogP contribution is 2.17. The SMILES string of the molecule is CCOc1ccc(NC(=O)N(CC(=O)N(Cc2ccccc2)Cc2cccn2C)C(C)C)cc1. The second-order valence-corrected chi connectivity index (χ2v) is 8.46. The molecule has 3 amide bonds. The molecule has 3 rings (SSSR count). The zero-order valence-corrected chi connectivity index (χ0v) is 20.4. The van der Waals surface area contributed by atoms with E-state index in [1.807, 2.05) is 93.2 Å². The molecule has 2 aromatic carbocycles. The Kier molecular flexibility index (Phi) is 8.73. The smallest absolute Gasteiger partial charge is 0.322 e. The van der Waals surface area contributed by atoms with E-state index in [0.29, 0.717) is 25.4 Å². The molecule has 1 N–H and O–H groups in total. The summed E-state index contributed by atoms with van der Waals surface area (Å²) in [6.45, 7) is 7.23. The van der Waals surface area contributed by atoms with Gasteiger partial charge in [-0.05, 0) is 62.7 Å². The van der Waals surface area contributed by atoms with Crippen LogP contribution in [0.15, 0.2) is 72.9 Å². The maximum Gasteiger partial charge on any atom is 0.322 e. The second kappa shape index (κ2) is 11.9. The Bertz CT molecular complexity index is 1060. The van der Waals surface area contributed by atoms with E-state index in [0.717, 1.165) is 17.0 Å². The van der Waals surface area contributed by atoms with Crippen LogP contribution in [0.3, 0.4) is 0 Å². The summed E-state index contributed by atoms with van der Waals surface area (Å²) in [5.41, 5.74) is 2.72. The van der Waals surface area contributed by atoms with Gasteiger partial charge in [0.25, 0.3) is 0 Å². The minimum Gasteiger partial charge on any atom is -0.494 e. The van der Waals surface area contributed by atoms with E-state index in [9.17, 15) is 9.59 Å². The van der Waals surface area contributed by atoms with Crippen molar-refractivity contribution in [2.75, 3.05) is 18.5 Å². The number of carbonyl (C=O) groups is 2. The summed E-state index contributed by atoms with van der Waals surface area (Å²) < 4.78 is 7.46. The van der Waals surface area contributed by atoms with Gasteiger partial charge in [0.2, 0.25) is 5.91 Å². The minimum absolute atomic E-state index is 0.0161. The molecular weight excluding hydrogens is 428 g/mol. The summed E-state index contributed by atoms with van der Waals surface area (Å²) in [5.74, 6) is 0.634. The van der Waals surface area contributed by atoms with Crippen LogP contribution in [-0.2, 0) is 24.9 Å². The fourth-order valence-corrected chi connectivity index (χ4v) is 3.62. The summed E-state index contributed by atoms with van der Waals surface area (Å²) in [6.07, 6.45) is 1.96. The number of rotatable bonds is 10. The number of anilines is 1. The van der Waals surface area contributed by atoms with Crippen molar-refractivity contribution in [1.82, 2.24) is 14.4 Å². The van der Waals surface area contributed by atoms with Gasteiger partial charge in [0.05, 0.1) is 13.2 Å². The summed E-state index contributed by atoms with van der Waals surface area (Å²) in [7, 11) is 1.96. The Balaban J connectivity index is 1.73. The van der Waals surface area contributed by atoms with Gasteiger partial charge in [0.15, 0.2) is 0 Å². The van der Waals surface area contributed by atoms with Gasteiger partial charge in [-0.2, -0.15) is 0 Å². The first-order valence-electron chi connectivity index (χ1n) is 11.6. The fraction of sp³-hybridized carbons (Fsp3) is 0.333. The van der Waals surface area contributed by atoms with Crippen LogP contribution in [0.1, 0.15) is 32.0 Å². The number of nitrogens with one attached hydrogen (secondary N) is 1. The Morgan fingerprint density at radius 2 is 1.68 bits per heavy atom. The van der Waals surface area contributed by atoms with Gasteiger partial charge in [-0.1, -0.05) is 30.3 Å². The van der Waals surface area contributed by atoms with Crippen LogP contribution in [0.25, 0.3) is 0 Å². The molecule has 0 radical (unpaired) electrons. The Morgan fingerprint density at radius 3 is 2.26 bits per heavy atom. The van der Waals surface area contributed by atoms with Crippen molar-refractivity contribution in [1.29, 1.82) is 0 Å². The third kappa shape index (κ3) is 6.88. The number of benzene rings is 2. The lowest BCUT2D eigenvalue weighted by Crippen LogP contribution is -2.47. The van der Waals surface area contributed by atoms with Crippen LogP contribution in [0, 0.1) is 0 Å². The molecule has 0 spiro atoms. The fourth-order valence-electron chi connectivity index (χ4n) is 3.62. The third-order valence-corrected chi connectivity index (χ3v) is 5.58. The number of urea groups is 1. The summed E-state index contributed by atoms with van der Waals surface area (Å²) in [4.78, 5) is 29.9. The van der Waals surface area contributed by atoms with Crippen molar-refractivity contribution >= 4 is 17.6 Å². The lowest BCUT2D eigenvalue weighted by molar-refractivity contribution is -0.133. The molecule has 0 bridgehead atoms. The van der Waals surface area contributed by atoms with Crippen molar-refractivity contribution in [3.05, 3.63) is 84.2 Å². The van der Waals surface area contributed by atoms with Crippen molar-refractivity contribution in [3.63, 3.8) is 0 Å². The number of carbonyl (C=O) groups excluding carboxylic acids is 2. The maximum absolute atomic E-state index is 13.5.